The molecule has 138 valence electrons. The Labute approximate surface area is 152 Å². The lowest BCUT2D eigenvalue weighted by atomic mass is 10.00. The molecule has 0 aromatic heterocycles. The van der Waals surface area contributed by atoms with Gasteiger partial charge in [-0.25, -0.2) is 0 Å². The molecule has 0 unspecified atom stereocenters. The number of Topliss-reactive ketones (excluding diaryl/α,β-unsaturated/α-hetero) is 2. The summed E-state index contributed by atoms with van der Waals surface area (Å²) in [6.45, 7) is 4.65. The second kappa shape index (κ2) is 8.89. The number of methoxy groups -OCH3 is 2. The molecule has 6 heteroatoms. The quantitative estimate of drug-likeness (QED) is 0.504. The van der Waals surface area contributed by atoms with E-state index >= 15 is 0 Å². The molecule has 0 saturated carbocycles. The molecule has 26 heavy (non-hydrogen) atoms. The van der Waals surface area contributed by atoms with Gasteiger partial charge in [0.15, 0.2) is 11.5 Å². The molecule has 0 saturated heterocycles. The van der Waals surface area contributed by atoms with E-state index in [1.54, 1.807) is 30.3 Å². The van der Waals surface area contributed by atoms with Crippen LogP contribution >= 0.6 is 0 Å². The van der Waals surface area contributed by atoms with Gasteiger partial charge in [0.05, 0.1) is 33.0 Å². The molecule has 6 nitrogen and oxygen atoms in total. The Balaban J connectivity index is 2.37. The molecule has 0 N–H and O–H groups in total. The lowest BCUT2D eigenvalue weighted by Gasteiger charge is -2.15. The van der Waals surface area contributed by atoms with Crippen LogP contribution in [0.4, 0.5) is 0 Å². The monoisotopic (exact) mass is 358 g/mol. The summed E-state index contributed by atoms with van der Waals surface area (Å²) in [4.78, 5) is 25.3. The summed E-state index contributed by atoms with van der Waals surface area (Å²) in [6, 6.07) is 9.51. The van der Waals surface area contributed by atoms with Crippen molar-refractivity contribution in [2.24, 2.45) is 0 Å². The Morgan fingerprint density at radius 2 is 1.38 bits per heavy atom. The summed E-state index contributed by atoms with van der Waals surface area (Å²) >= 11 is 0. The van der Waals surface area contributed by atoms with Crippen LogP contribution in [0.15, 0.2) is 36.4 Å². The molecule has 0 bridgehead atoms. The van der Waals surface area contributed by atoms with Gasteiger partial charge in [-0.3, -0.25) is 9.59 Å². The molecule has 0 aliphatic heterocycles. The summed E-state index contributed by atoms with van der Waals surface area (Å²) in [5.41, 5.74) is 0.389. The Kier molecular flexibility index (Phi) is 6.60. The molecule has 0 heterocycles. The lowest BCUT2D eigenvalue weighted by molar-refractivity contribution is 0.0814. The predicted molar refractivity (Wildman–Crippen MR) is 97.0 cm³/mol. The SMILES string of the molecule is CCOc1ccc(C(=O)C(=O)c2ccc(OCC)c(OC)c2OC)cc1. The van der Waals surface area contributed by atoms with E-state index in [1.807, 2.05) is 13.8 Å². The van der Waals surface area contributed by atoms with Crippen LogP contribution in [0, 0.1) is 0 Å². The molecule has 0 aliphatic rings. The van der Waals surface area contributed by atoms with E-state index in [2.05, 4.69) is 0 Å². The minimum atomic E-state index is -0.688. The molecule has 2 rings (SSSR count). The number of benzene rings is 2. The van der Waals surface area contributed by atoms with Crippen LogP contribution in [0.25, 0.3) is 0 Å². The summed E-state index contributed by atoms with van der Waals surface area (Å²) < 4.78 is 21.4. The average molecular weight is 358 g/mol. The molecule has 0 aliphatic carbocycles. The zero-order valence-electron chi connectivity index (χ0n) is 15.3. The molecule has 2 aromatic carbocycles. The third-order valence-corrected chi connectivity index (χ3v) is 3.66. The Morgan fingerprint density at radius 1 is 0.769 bits per heavy atom. The van der Waals surface area contributed by atoms with Crippen molar-refractivity contribution in [2.75, 3.05) is 27.4 Å². The standard InChI is InChI=1S/C20H22O6/c1-5-25-14-9-7-13(8-10-14)17(21)18(22)15-11-12-16(26-6-2)20(24-4)19(15)23-3/h7-12H,5-6H2,1-4H3. The number of hydrogen-bond donors (Lipinski definition) is 0. The normalized spacial score (nSPS) is 10.2. The van der Waals surface area contributed by atoms with Crippen LogP contribution < -0.4 is 18.9 Å². The van der Waals surface area contributed by atoms with E-state index in [0.29, 0.717) is 24.7 Å². The van der Waals surface area contributed by atoms with Crippen LogP contribution in [0.5, 0.6) is 23.0 Å². The zero-order valence-corrected chi connectivity index (χ0v) is 15.3. The van der Waals surface area contributed by atoms with Gasteiger partial charge in [0.2, 0.25) is 17.3 Å². The Bertz CT molecular complexity index is 780. The number of carbonyl (C=O) groups is 2. The van der Waals surface area contributed by atoms with Gasteiger partial charge < -0.3 is 18.9 Å². The van der Waals surface area contributed by atoms with Crippen LogP contribution in [0.2, 0.25) is 0 Å². The highest BCUT2D eigenvalue weighted by Gasteiger charge is 2.26. The third-order valence-electron chi connectivity index (χ3n) is 3.66. The van der Waals surface area contributed by atoms with Crippen molar-refractivity contribution in [1.29, 1.82) is 0 Å². The van der Waals surface area contributed by atoms with E-state index in [-0.39, 0.29) is 22.6 Å². The van der Waals surface area contributed by atoms with E-state index in [4.69, 9.17) is 18.9 Å². The molecule has 0 atom stereocenters. The van der Waals surface area contributed by atoms with Crippen molar-refractivity contribution in [3.05, 3.63) is 47.5 Å². The first-order valence-electron chi connectivity index (χ1n) is 8.26. The first kappa shape index (κ1) is 19.3. The highest BCUT2D eigenvalue weighted by atomic mass is 16.5. The van der Waals surface area contributed by atoms with E-state index in [0.717, 1.165) is 0 Å². The molecule has 0 fully saturated rings. The smallest absolute Gasteiger partial charge is 0.237 e. The van der Waals surface area contributed by atoms with Crippen LogP contribution in [-0.4, -0.2) is 39.0 Å². The van der Waals surface area contributed by atoms with Crippen molar-refractivity contribution in [3.63, 3.8) is 0 Å². The van der Waals surface area contributed by atoms with Gasteiger partial charge in [-0.15, -0.1) is 0 Å². The van der Waals surface area contributed by atoms with Gasteiger partial charge >= 0.3 is 0 Å². The number of ether oxygens (including phenoxy) is 4. The summed E-state index contributed by atoms with van der Waals surface area (Å²) in [6.07, 6.45) is 0. The Morgan fingerprint density at radius 3 is 1.92 bits per heavy atom. The largest absolute Gasteiger partial charge is 0.494 e. The van der Waals surface area contributed by atoms with Gasteiger partial charge in [-0.1, -0.05) is 0 Å². The minimum Gasteiger partial charge on any atom is -0.494 e. The van der Waals surface area contributed by atoms with Crippen molar-refractivity contribution < 1.29 is 28.5 Å². The van der Waals surface area contributed by atoms with Crippen LogP contribution in [0.1, 0.15) is 34.6 Å². The summed E-state index contributed by atoms with van der Waals surface area (Å²) in [5, 5.41) is 0. The predicted octanol–water partition coefficient (Wildman–Crippen LogP) is 3.57. The van der Waals surface area contributed by atoms with Gasteiger partial charge in [-0.2, -0.15) is 0 Å². The van der Waals surface area contributed by atoms with Gasteiger partial charge in [0, 0.05) is 5.56 Å². The maximum absolute atomic E-state index is 12.7. The van der Waals surface area contributed by atoms with E-state index < -0.39 is 11.6 Å². The second-order valence-electron chi connectivity index (χ2n) is 5.23. The second-order valence-corrected chi connectivity index (χ2v) is 5.23. The number of hydrogen-bond acceptors (Lipinski definition) is 6. The third kappa shape index (κ3) is 3.96. The Hall–Kier alpha value is -3.02. The van der Waals surface area contributed by atoms with Crippen molar-refractivity contribution >= 4 is 11.6 Å². The summed E-state index contributed by atoms with van der Waals surface area (Å²) in [5.74, 6) is 0.195. The fourth-order valence-corrected chi connectivity index (χ4v) is 2.51. The highest BCUT2D eigenvalue weighted by Crippen LogP contribution is 2.40. The van der Waals surface area contributed by atoms with E-state index in [1.165, 1.54) is 20.3 Å². The summed E-state index contributed by atoms with van der Waals surface area (Å²) in [7, 11) is 2.86. The van der Waals surface area contributed by atoms with E-state index in [9.17, 15) is 9.59 Å². The number of rotatable bonds is 9. The van der Waals surface area contributed by atoms with Gasteiger partial charge in [-0.05, 0) is 50.2 Å². The average Bonchev–Trinajstić information content (AvgIpc) is 2.67. The lowest BCUT2D eigenvalue weighted by Crippen LogP contribution is -2.16. The molecular formula is C20H22O6. The minimum absolute atomic E-state index is 0.117. The molecule has 2 aromatic rings. The van der Waals surface area contributed by atoms with Gasteiger partial charge in [0.25, 0.3) is 0 Å². The fraction of sp³-hybridized carbons (Fsp3) is 0.300. The van der Waals surface area contributed by atoms with Crippen molar-refractivity contribution in [1.82, 2.24) is 0 Å². The fourth-order valence-electron chi connectivity index (χ4n) is 2.51. The number of carbonyl (C=O) groups excluding carboxylic acids is 2. The molecule has 0 spiro atoms. The maximum Gasteiger partial charge on any atom is 0.237 e. The van der Waals surface area contributed by atoms with Crippen molar-refractivity contribution in [3.8, 4) is 23.0 Å². The molecule has 0 amide bonds. The highest BCUT2D eigenvalue weighted by molar-refractivity contribution is 6.49. The van der Waals surface area contributed by atoms with Crippen LogP contribution in [0.3, 0.4) is 0 Å². The zero-order chi connectivity index (χ0) is 19.1. The van der Waals surface area contributed by atoms with Gasteiger partial charge in [0.1, 0.15) is 5.75 Å². The first-order valence-corrected chi connectivity index (χ1v) is 8.26. The van der Waals surface area contributed by atoms with Crippen LogP contribution in [-0.2, 0) is 0 Å². The molecule has 0 radical (unpaired) electrons. The first-order chi connectivity index (χ1) is 12.6. The number of ketones is 2. The topological polar surface area (TPSA) is 71.1 Å². The van der Waals surface area contributed by atoms with Crippen molar-refractivity contribution in [2.45, 2.75) is 13.8 Å². The maximum atomic E-state index is 12.7. The molecular weight excluding hydrogens is 336 g/mol.